The number of nitrogens with zero attached hydrogens (tertiary/aromatic N) is 4. The van der Waals surface area contributed by atoms with Crippen LogP contribution >= 0.6 is 0 Å². The van der Waals surface area contributed by atoms with E-state index in [1.165, 1.54) is 19.2 Å². The number of rotatable bonds is 6. The molecule has 160 valence electrons. The van der Waals surface area contributed by atoms with E-state index in [-0.39, 0.29) is 4.90 Å². The van der Waals surface area contributed by atoms with Crippen LogP contribution < -0.4 is 15.0 Å². The molecule has 2 aromatic carbocycles. The van der Waals surface area contributed by atoms with Gasteiger partial charge in [-0.25, -0.2) is 13.4 Å². The molecule has 0 aliphatic rings. The van der Waals surface area contributed by atoms with Gasteiger partial charge in [-0.15, -0.1) is 0 Å². The Morgan fingerprint density at radius 2 is 1.94 bits per heavy atom. The quantitative estimate of drug-likeness (QED) is 0.470. The van der Waals surface area contributed by atoms with Crippen molar-refractivity contribution in [1.29, 1.82) is 0 Å². The highest BCUT2D eigenvalue weighted by atomic mass is 32.2. The normalized spacial score (nSPS) is 11.5. The van der Waals surface area contributed by atoms with Crippen molar-refractivity contribution in [2.45, 2.75) is 11.8 Å². The maximum absolute atomic E-state index is 12.0. The van der Waals surface area contributed by atoms with E-state index in [2.05, 4.69) is 31.5 Å². The van der Waals surface area contributed by atoms with Gasteiger partial charge in [0.2, 0.25) is 5.95 Å². The van der Waals surface area contributed by atoms with Crippen LogP contribution in [-0.4, -0.2) is 49.0 Å². The van der Waals surface area contributed by atoms with Crippen LogP contribution in [-0.2, 0) is 9.84 Å². The molecule has 0 saturated heterocycles. The SMILES string of the molecule is COc1cc(Nc2nccc(N(C)c3n[nH]c4ccc(C)cc34)n2)cc(S(C)(=O)=O)c1. The molecule has 4 aromatic rings. The van der Waals surface area contributed by atoms with Crippen molar-refractivity contribution in [3.8, 4) is 5.75 Å². The molecule has 0 bridgehead atoms. The predicted molar refractivity (Wildman–Crippen MR) is 120 cm³/mol. The molecule has 9 nitrogen and oxygen atoms in total. The summed E-state index contributed by atoms with van der Waals surface area (Å²) in [5, 5.41) is 11.5. The number of sulfone groups is 1. The van der Waals surface area contributed by atoms with E-state index in [1.54, 1.807) is 18.3 Å². The highest BCUT2D eigenvalue weighted by Crippen LogP contribution is 2.30. The van der Waals surface area contributed by atoms with Crippen LogP contribution in [0, 0.1) is 6.92 Å². The Labute approximate surface area is 180 Å². The van der Waals surface area contributed by atoms with Crippen LogP contribution in [0.15, 0.2) is 53.6 Å². The zero-order chi connectivity index (χ0) is 22.2. The number of nitrogens with one attached hydrogen (secondary N) is 2. The Hall–Kier alpha value is -3.66. The molecule has 4 rings (SSSR count). The second kappa shape index (κ2) is 7.88. The zero-order valence-electron chi connectivity index (χ0n) is 17.5. The third-order valence-electron chi connectivity index (χ3n) is 4.80. The summed E-state index contributed by atoms with van der Waals surface area (Å²) in [6, 6.07) is 12.5. The van der Waals surface area contributed by atoms with Crippen molar-refractivity contribution >= 4 is 44.0 Å². The molecule has 2 N–H and O–H groups in total. The van der Waals surface area contributed by atoms with Crippen molar-refractivity contribution in [2.24, 2.45) is 0 Å². The maximum atomic E-state index is 12.0. The lowest BCUT2D eigenvalue weighted by Crippen LogP contribution is -2.13. The first kappa shape index (κ1) is 20.6. The second-order valence-electron chi connectivity index (χ2n) is 7.19. The van der Waals surface area contributed by atoms with E-state index in [9.17, 15) is 8.42 Å². The number of hydrogen-bond donors (Lipinski definition) is 2. The minimum absolute atomic E-state index is 0.140. The summed E-state index contributed by atoms with van der Waals surface area (Å²) in [6.07, 6.45) is 2.77. The fraction of sp³-hybridized carbons (Fsp3) is 0.190. The number of aromatic amines is 1. The van der Waals surface area contributed by atoms with Gasteiger partial charge in [0, 0.05) is 36.6 Å². The molecular weight excluding hydrogens is 416 g/mol. The van der Waals surface area contributed by atoms with Crippen LogP contribution in [0.4, 0.5) is 23.3 Å². The fourth-order valence-electron chi connectivity index (χ4n) is 3.18. The molecule has 0 aliphatic heterocycles. The van der Waals surface area contributed by atoms with Gasteiger partial charge in [0.05, 0.1) is 17.5 Å². The lowest BCUT2D eigenvalue weighted by atomic mass is 10.2. The molecule has 0 radical (unpaired) electrons. The van der Waals surface area contributed by atoms with Crippen molar-refractivity contribution in [3.05, 3.63) is 54.2 Å². The number of fused-ring (bicyclic) bond motifs is 1. The molecule has 0 atom stereocenters. The van der Waals surface area contributed by atoms with E-state index in [0.29, 0.717) is 23.2 Å². The second-order valence-corrected chi connectivity index (χ2v) is 9.20. The minimum atomic E-state index is -3.41. The first-order valence-electron chi connectivity index (χ1n) is 9.42. The summed E-state index contributed by atoms with van der Waals surface area (Å²) in [5.41, 5.74) is 2.57. The standard InChI is InChI=1S/C21H22N6O3S/c1-13-5-6-18-17(9-13)20(26-25-18)27(2)19-7-8-22-21(24-19)23-14-10-15(30-3)12-16(11-14)31(4,28)29/h5-12H,1-4H3,(H,25,26)(H,22,23,24). The Morgan fingerprint density at radius 3 is 2.68 bits per heavy atom. The molecule has 10 heteroatoms. The molecule has 31 heavy (non-hydrogen) atoms. The third-order valence-corrected chi connectivity index (χ3v) is 5.89. The summed E-state index contributed by atoms with van der Waals surface area (Å²) in [5.74, 6) is 2.09. The Bertz CT molecular complexity index is 1370. The number of aromatic nitrogens is 4. The van der Waals surface area contributed by atoms with Crippen LogP contribution in [0.1, 0.15) is 5.56 Å². The van der Waals surface area contributed by atoms with E-state index < -0.39 is 9.84 Å². The van der Waals surface area contributed by atoms with Gasteiger partial charge < -0.3 is 15.0 Å². The molecule has 0 saturated carbocycles. The highest BCUT2D eigenvalue weighted by Gasteiger charge is 2.15. The van der Waals surface area contributed by atoms with E-state index in [0.717, 1.165) is 28.5 Å². The van der Waals surface area contributed by atoms with Gasteiger partial charge in [0.1, 0.15) is 11.6 Å². The largest absolute Gasteiger partial charge is 0.497 e. The Kier molecular flexibility index (Phi) is 5.24. The number of methoxy groups -OCH3 is 1. The van der Waals surface area contributed by atoms with Crippen molar-refractivity contribution in [2.75, 3.05) is 30.6 Å². The van der Waals surface area contributed by atoms with Gasteiger partial charge in [-0.1, -0.05) is 11.6 Å². The lowest BCUT2D eigenvalue weighted by molar-refractivity contribution is 0.413. The van der Waals surface area contributed by atoms with E-state index in [4.69, 9.17) is 4.74 Å². The fourth-order valence-corrected chi connectivity index (χ4v) is 3.85. The average Bonchev–Trinajstić information content (AvgIpc) is 3.15. The molecule has 2 heterocycles. The first-order valence-corrected chi connectivity index (χ1v) is 11.3. The summed E-state index contributed by atoms with van der Waals surface area (Å²) in [4.78, 5) is 10.8. The molecular formula is C21H22N6O3S. The number of ether oxygens (including phenoxy) is 1. The van der Waals surface area contributed by atoms with Gasteiger partial charge >= 0.3 is 0 Å². The van der Waals surface area contributed by atoms with Crippen LogP contribution in [0.3, 0.4) is 0 Å². The van der Waals surface area contributed by atoms with Crippen LogP contribution in [0.2, 0.25) is 0 Å². The molecule has 0 aliphatic carbocycles. The smallest absolute Gasteiger partial charge is 0.229 e. The van der Waals surface area contributed by atoms with Gasteiger partial charge in [-0.05, 0) is 37.3 Å². The number of aryl methyl sites for hydroxylation is 1. The first-order chi connectivity index (χ1) is 14.7. The van der Waals surface area contributed by atoms with E-state index in [1.807, 2.05) is 31.0 Å². The number of H-pyrrole nitrogens is 1. The van der Waals surface area contributed by atoms with Crippen LogP contribution in [0.5, 0.6) is 5.75 Å². The lowest BCUT2D eigenvalue weighted by Gasteiger charge is -2.17. The molecule has 0 spiro atoms. The molecule has 0 fully saturated rings. The average molecular weight is 439 g/mol. The van der Waals surface area contributed by atoms with Crippen molar-refractivity contribution in [1.82, 2.24) is 20.2 Å². The van der Waals surface area contributed by atoms with Gasteiger partial charge in [-0.3, -0.25) is 5.10 Å². The number of benzene rings is 2. The molecule has 0 amide bonds. The topological polar surface area (TPSA) is 113 Å². The highest BCUT2D eigenvalue weighted by molar-refractivity contribution is 7.90. The summed E-state index contributed by atoms with van der Waals surface area (Å²) >= 11 is 0. The third kappa shape index (κ3) is 4.29. The summed E-state index contributed by atoms with van der Waals surface area (Å²) in [6.45, 7) is 2.03. The Morgan fingerprint density at radius 1 is 1.13 bits per heavy atom. The summed E-state index contributed by atoms with van der Waals surface area (Å²) < 4.78 is 29.2. The number of hydrogen-bond acceptors (Lipinski definition) is 8. The summed E-state index contributed by atoms with van der Waals surface area (Å²) in [7, 11) is -0.0548. The van der Waals surface area contributed by atoms with E-state index >= 15 is 0 Å². The van der Waals surface area contributed by atoms with Gasteiger partial charge in [0.25, 0.3) is 0 Å². The predicted octanol–water partition coefficient (Wildman–Crippen LogP) is 3.58. The molecule has 2 aromatic heterocycles. The monoisotopic (exact) mass is 438 g/mol. The van der Waals surface area contributed by atoms with Crippen molar-refractivity contribution in [3.63, 3.8) is 0 Å². The molecule has 0 unspecified atom stereocenters. The minimum Gasteiger partial charge on any atom is -0.497 e. The zero-order valence-corrected chi connectivity index (χ0v) is 18.4. The maximum Gasteiger partial charge on any atom is 0.229 e. The van der Waals surface area contributed by atoms with Gasteiger partial charge in [-0.2, -0.15) is 10.1 Å². The number of anilines is 4. The van der Waals surface area contributed by atoms with Crippen molar-refractivity contribution < 1.29 is 13.2 Å². The van der Waals surface area contributed by atoms with Gasteiger partial charge in [0.15, 0.2) is 15.7 Å². The van der Waals surface area contributed by atoms with Crippen LogP contribution in [0.25, 0.3) is 10.9 Å². The Balaban J connectivity index is 1.67.